The Morgan fingerprint density at radius 3 is 2.62 bits per heavy atom. The van der Waals surface area contributed by atoms with Crippen LogP contribution < -0.4 is 5.73 Å². The van der Waals surface area contributed by atoms with E-state index in [1.54, 1.807) is 19.1 Å². The maximum absolute atomic E-state index is 14.0. The molecule has 0 unspecified atom stereocenters. The van der Waals surface area contributed by atoms with Crippen molar-refractivity contribution in [1.82, 2.24) is 0 Å². The SMILES string of the molecule is CCOC(=O)C[C@H](N)c1ccc(F)c(-c2ccccc2)c1. The Labute approximate surface area is 123 Å². The van der Waals surface area contributed by atoms with Crippen molar-refractivity contribution in [3.05, 3.63) is 59.9 Å². The Morgan fingerprint density at radius 2 is 1.95 bits per heavy atom. The van der Waals surface area contributed by atoms with Gasteiger partial charge >= 0.3 is 5.97 Å². The largest absolute Gasteiger partial charge is 0.466 e. The molecule has 110 valence electrons. The van der Waals surface area contributed by atoms with Crippen molar-refractivity contribution in [2.75, 3.05) is 6.61 Å². The van der Waals surface area contributed by atoms with Crippen LogP contribution >= 0.6 is 0 Å². The number of benzene rings is 2. The minimum Gasteiger partial charge on any atom is -0.466 e. The third-order valence-electron chi connectivity index (χ3n) is 3.20. The molecule has 0 aliphatic heterocycles. The minimum absolute atomic E-state index is 0.0771. The van der Waals surface area contributed by atoms with Crippen molar-refractivity contribution >= 4 is 5.97 Å². The summed E-state index contributed by atoms with van der Waals surface area (Å²) in [6, 6.07) is 13.4. The lowest BCUT2D eigenvalue weighted by Crippen LogP contribution is -2.17. The van der Waals surface area contributed by atoms with E-state index < -0.39 is 6.04 Å². The summed E-state index contributed by atoms with van der Waals surface area (Å²) in [4.78, 5) is 11.5. The third-order valence-corrected chi connectivity index (χ3v) is 3.20. The number of carbonyl (C=O) groups is 1. The van der Waals surface area contributed by atoms with Gasteiger partial charge in [-0.2, -0.15) is 0 Å². The number of ether oxygens (including phenoxy) is 1. The summed E-state index contributed by atoms with van der Waals surface area (Å²) in [5.41, 5.74) is 7.97. The lowest BCUT2D eigenvalue weighted by molar-refractivity contribution is -0.143. The Morgan fingerprint density at radius 1 is 1.24 bits per heavy atom. The average Bonchev–Trinajstić information content (AvgIpc) is 2.48. The molecule has 2 rings (SSSR count). The summed E-state index contributed by atoms with van der Waals surface area (Å²) in [7, 11) is 0. The number of nitrogens with two attached hydrogens (primary N) is 1. The van der Waals surface area contributed by atoms with E-state index >= 15 is 0 Å². The van der Waals surface area contributed by atoms with Crippen molar-refractivity contribution < 1.29 is 13.9 Å². The minimum atomic E-state index is -0.507. The molecule has 4 heteroatoms. The van der Waals surface area contributed by atoms with Crippen LogP contribution in [0.25, 0.3) is 11.1 Å². The Kier molecular flexibility index (Phi) is 5.06. The van der Waals surface area contributed by atoms with Gasteiger partial charge in [-0.3, -0.25) is 4.79 Å². The van der Waals surface area contributed by atoms with Crippen LogP contribution in [0.5, 0.6) is 0 Å². The third kappa shape index (κ3) is 3.89. The van der Waals surface area contributed by atoms with Gasteiger partial charge in [0.25, 0.3) is 0 Å². The Bertz CT molecular complexity index is 613. The molecule has 0 spiro atoms. The van der Waals surface area contributed by atoms with Crippen molar-refractivity contribution in [3.8, 4) is 11.1 Å². The molecular weight excluding hydrogens is 269 g/mol. The fourth-order valence-electron chi connectivity index (χ4n) is 2.13. The fourth-order valence-corrected chi connectivity index (χ4v) is 2.13. The standard InChI is InChI=1S/C17H18FNO2/c1-2-21-17(20)11-16(19)13-8-9-15(18)14(10-13)12-6-4-3-5-7-12/h3-10,16H,2,11,19H2,1H3/t16-/m0/s1. The summed E-state index contributed by atoms with van der Waals surface area (Å²) < 4.78 is 18.8. The molecule has 0 aliphatic rings. The molecule has 3 nitrogen and oxygen atoms in total. The number of halogens is 1. The molecule has 0 bridgehead atoms. The first kappa shape index (κ1) is 15.2. The molecule has 0 fully saturated rings. The summed E-state index contributed by atoms with van der Waals surface area (Å²) in [6.07, 6.45) is 0.0771. The van der Waals surface area contributed by atoms with E-state index in [0.717, 1.165) is 5.56 Å². The molecule has 1 atom stereocenters. The zero-order chi connectivity index (χ0) is 15.2. The first-order valence-corrected chi connectivity index (χ1v) is 6.88. The van der Waals surface area contributed by atoms with Gasteiger partial charge in [-0.1, -0.05) is 36.4 Å². The summed E-state index contributed by atoms with van der Waals surface area (Å²) >= 11 is 0. The van der Waals surface area contributed by atoms with E-state index in [4.69, 9.17) is 10.5 Å². The van der Waals surface area contributed by atoms with Crippen LogP contribution in [0.15, 0.2) is 48.5 Å². The molecule has 0 radical (unpaired) electrons. The molecule has 0 aromatic heterocycles. The van der Waals surface area contributed by atoms with Crippen LogP contribution in [0.3, 0.4) is 0 Å². The van der Waals surface area contributed by atoms with Crippen LogP contribution in [-0.4, -0.2) is 12.6 Å². The zero-order valence-electron chi connectivity index (χ0n) is 11.9. The zero-order valence-corrected chi connectivity index (χ0v) is 11.9. The molecule has 0 amide bonds. The van der Waals surface area contributed by atoms with Crippen molar-refractivity contribution in [1.29, 1.82) is 0 Å². The van der Waals surface area contributed by atoms with E-state index in [0.29, 0.717) is 17.7 Å². The molecule has 0 saturated heterocycles. The second kappa shape index (κ2) is 6.99. The van der Waals surface area contributed by atoms with Gasteiger partial charge in [-0.05, 0) is 30.2 Å². The topological polar surface area (TPSA) is 52.3 Å². The highest BCUT2D eigenvalue weighted by atomic mass is 19.1. The lowest BCUT2D eigenvalue weighted by Gasteiger charge is -2.13. The van der Waals surface area contributed by atoms with Crippen molar-refractivity contribution in [2.45, 2.75) is 19.4 Å². The number of carbonyl (C=O) groups excluding carboxylic acids is 1. The summed E-state index contributed by atoms with van der Waals surface area (Å²) in [5.74, 6) is -0.663. The highest BCUT2D eigenvalue weighted by Gasteiger charge is 2.15. The van der Waals surface area contributed by atoms with Gasteiger partial charge in [0.05, 0.1) is 13.0 Å². The molecule has 0 aliphatic carbocycles. The van der Waals surface area contributed by atoms with Crippen molar-refractivity contribution in [2.24, 2.45) is 5.73 Å². The summed E-state index contributed by atoms with van der Waals surface area (Å²) in [5, 5.41) is 0. The second-order valence-electron chi connectivity index (χ2n) is 4.72. The molecule has 2 aromatic carbocycles. The van der Waals surface area contributed by atoms with Gasteiger partial charge in [0, 0.05) is 11.6 Å². The van der Waals surface area contributed by atoms with Gasteiger partial charge in [0.2, 0.25) is 0 Å². The quantitative estimate of drug-likeness (QED) is 0.857. The molecular formula is C17H18FNO2. The highest BCUT2D eigenvalue weighted by Crippen LogP contribution is 2.26. The van der Waals surface area contributed by atoms with Gasteiger partial charge in [-0.15, -0.1) is 0 Å². The Balaban J connectivity index is 2.24. The van der Waals surface area contributed by atoms with E-state index in [2.05, 4.69) is 0 Å². The maximum Gasteiger partial charge on any atom is 0.307 e. The van der Waals surface area contributed by atoms with Gasteiger partial charge in [0.1, 0.15) is 5.82 Å². The molecule has 2 N–H and O–H groups in total. The maximum atomic E-state index is 14.0. The number of hydrogen-bond donors (Lipinski definition) is 1. The number of hydrogen-bond acceptors (Lipinski definition) is 3. The van der Waals surface area contributed by atoms with Gasteiger partial charge in [-0.25, -0.2) is 4.39 Å². The number of rotatable bonds is 5. The lowest BCUT2D eigenvalue weighted by atomic mass is 9.98. The monoisotopic (exact) mass is 287 g/mol. The van der Waals surface area contributed by atoms with Crippen molar-refractivity contribution in [3.63, 3.8) is 0 Å². The van der Waals surface area contributed by atoms with Crippen LogP contribution in [-0.2, 0) is 9.53 Å². The first-order valence-electron chi connectivity index (χ1n) is 6.88. The van der Waals surface area contributed by atoms with E-state index in [1.165, 1.54) is 6.07 Å². The molecule has 0 heterocycles. The van der Waals surface area contributed by atoms with Gasteiger partial charge in [0.15, 0.2) is 0 Å². The second-order valence-corrected chi connectivity index (χ2v) is 4.72. The fraction of sp³-hybridized carbons (Fsp3) is 0.235. The van der Waals surface area contributed by atoms with Crippen LogP contribution in [0.2, 0.25) is 0 Å². The highest BCUT2D eigenvalue weighted by molar-refractivity contribution is 5.71. The van der Waals surface area contributed by atoms with Gasteiger partial charge < -0.3 is 10.5 Å². The molecule has 21 heavy (non-hydrogen) atoms. The number of esters is 1. The van der Waals surface area contributed by atoms with E-state index in [9.17, 15) is 9.18 Å². The molecule has 2 aromatic rings. The molecule has 0 saturated carbocycles. The van der Waals surface area contributed by atoms with Crippen LogP contribution in [0, 0.1) is 5.82 Å². The smallest absolute Gasteiger partial charge is 0.307 e. The predicted molar refractivity (Wildman–Crippen MR) is 80.0 cm³/mol. The predicted octanol–water partition coefficient (Wildman–Crippen LogP) is 3.45. The normalized spacial score (nSPS) is 12.0. The average molecular weight is 287 g/mol. The summed E-state index contributed by atoms with van der Waals surface area (Å²) in [6.45, 7) is 2.07. The van der Waals surface area contributed by atoms with E-state index in [1.807, 2.05) is 30.3 Å². The van der Waals surface area contributed by atoms with Crippen LogP contribution in [0.4, 0.5) is 4.39 Å². The van der Waals surface area contributed by atoms with Crippen LogP contribution in [0.1, 0.15) is 24.9 Å². The first-order chi connectivity index (χ1) is 10.1. The Hall–Kier alpha value is -2.20. The van der Waals surface area contributed by atoms with E-state index in [-0.39, 0.29) is 18.2 Å².